The van der Waals surface area contributed by atoms with E-state index in [2.05, 4.69) is 5.32 Å². The number of methoxy groups -OCH3 is 1. The van der Waals surface area contributed by atoms with Crippen molar-refractivity contribution in [2.45, 2.75) is 0 Å². The molecule has 0 unspecified atom stereocenters. The lowest BCUT2D eigenvalue weighted by Gasteiger charge is -2.05. The largest absolute Gasteiger partial charge is 0.496 e. The number of ether oxygens (including phenoxy) is 1. The number of thioether (sulfide) groups is 1. The van der Waals surface area contributed by atoms with Gasteiger partial charge in [-0.3, -0.25) is 4.79 Å². The number of benzene rings is 1. The van der Waals surface area contributed by atoms with Crippen LogP contribution in [-0.4, -0.2) is 17.3 Å². The van der Waals surface area contributed by atoms with Gasteiger partial charge in [-0.2, -0.15) is 0 Å². The number of hydrogen-bond acceptors (Lipinski definition) is 4. The molecule has 1 heterocycles. The van der Waals surface area contributed by atoms with Gasteiger partial charge in [-0.25, -0.2) is 0 Å². The molecule has 1 fully saturated rings. The fourth-order valence-electron chi connectivity index (χ4n) is 1.38. The van der Waals surface area contributed by atoms with Crippen LogP contribution in [0.5, 0.6) is 5.75 Å². The van der Waals surface area contributed by atoms with Crippen LogP contribution < -0.4 is 10.1 Å². The molecule has 0 aliphatic carbocycles. The van der Waals surface area contributed by atoms with E-state index in [1.54, 1.807) is 31.4 Å². The van der Waals surface area contributed by atoms with E-state index in [0.29, 0.717) is 20.0 Å². The fraction of sp³-hybridized carbons (Fsp3) is 0.0909. The Hall–Kier alpha value is -1.04. The fourth-order valence-corrected chi connectivity index (χ4v) is 2.60. The van der Waals surface area contributed by atoms with E-state index in [1.165, 1.54) is 11.8 Å². The molecule has 0 aromatic heterocycles. The van der Waals surface area contributed by atoms with Gasteiger partial charge in [0.15, 0.2) is 0 Å². The van der Waals surface area contributed by atoms with E-state index < -0.39 is 0 Å². The zero-order valence-corrected chi connectivity index (χ0v) is 11.2. The average molecular weight is 286 g/mol. The first-order chi connectivity index (χ1) is 8.10. The number of carbonyl (C=O) groups excluding carboxylic acids is 1. The SMILES string of the molecule is COc1ccc(Cl)cc1/C=C1\SC(=S)NC1=O. The van der Waals surface area contributed by atoms with E-state index in [-0.39, 0.29) is 5.91 Å². The summed E-state index contributed by atoms with van der Waals surface area (Å²) in [7, 11) is 1.57. The lowest BCUT2D eigenvalue weighted by atomic mass is 10.2. The highest BCUT2D eigenvalue weighted by Gasteiger charge is 2.22. The van der Waals surface area contributed by atoms with Crippen LogP contribution in [0.4, 0.5) is 0 Å². The predicted molar refractivity (Wildman–Crippen MR) is 74.3 cm³/mol. The van der Waals surface area contributed by atoms with E-state index in [1.807, 2.05) is 0 Å². The second-order valence-electron chi connectivity index (χ2n) is 3.24. The zero-order valence-electron chi connectivity index (χ0n) is 8.82. The summed E-state index contributed by atoms with van der Waals surface area (Å²) in [4.78, 5) is 12.0. The average Bonchev–Trinajstić information content (AvgIpc) is 2.58. The second-order valence-corrected chi connectivity index (χ2v) is 5.39. The first-order valence-corrected chi connectivity index (χ1v) is 6.29. The molecular weight excluding hydrogens is 278 g/mol. The predicted octanol–water partition coefficient (Wildman–Crippen LogP) is 2.84. The molecule has 1 amide bonds. The van der Waals surface area contributed by atoms with Crippen LogP contribution in [0.25, 0.3) is 6.08 Å². The molecule has 1 saturated heterocycles. The van der Waals surface area contributed by atoms with Crippen molar-refractivity contribution in [2.24, 2.45) is 0 Å². The first kappa shape index (κ1) is 12.4. The summed E-state index contributed by atoms with van der Waals surface area (Å²) in [5.41, 5.74) is 0.752. The lowest BCUT2D eigenvalue weighted by molar-refractivity contribution is -0.115. The van der Waals surface area contributed by atoms with Crippen molar-refractivity contribution >= 4 is 51.9 Å². The third-order valence-corrected chi connectivity index (χ3v) is 3.52. The number of thiocarbonyl (C=S) groups is 1. The summed E-state index contributed by atoms with van der Waals surface area (Å²) in [6, 6.07) is 5.22. The number of nitrogens with one attached hydrogen (secondary N) is 1. The van der Waals surface area contributed by atoms with Crippen molar-refractivity contribution in [3.63, 3.8) is 0 Å². The van der Waals surface area contributed by atoms with Crippen molar-refractivity contribution in [1.82, 2.24) is 5.32 Å². The van der Waals surface area contributed by atoms with Crippen molar-refractivity contribution in [3.8, 4) is 5.75 Å². The topological polar surface area (TPSA) is 38.3 Å². The van der Waals surface area contributed by atoms with E-state index in [0.717, 1.165) is 5.56 Å². The molecule has 6 heteroatoms. The third kappa shape index (κ3) is 2.80. The minimum atomic E-state index is -0.193. The Morgan fingerprint density at radius 2 is 2.29 bits per heavy atom. The number of amides is 1. The van der Waals surface area contributed by atoms with Crippen LogP contribution >= 0.6 is 35.6 Å². The van der Waals surface area contributed by atoms with E-state index >= 15 is 0 Å². The Morgan fingerprint density at radius 3 is 2.88 bits per heavy atom. The highest BCUT2D eigenvalue weighted by Crippen LogP contribution is 2.30. The van der Waals surface area contributed by atoms with Crippen molar-refractivity contribution in [1.29, 1.82) is 0 Å². The zero-order chi connectivity index (χ0) is 12.4. The molecule has 0 spiro atoms. The maximum absolute atomic E-state index is 11.5. The van der Waals surface area contributed by atoms with Crippen molar-refractivity contribution < 1.29 is 9.53 Å². The molecule has 2 rings (SSSR count). The third-order valence-electron chi connectivity index (χ3n) is 2.12. The molecule has 0 saturated carbocycles. The van der Waals surface area contributed by atoms with Gasteiger partial charge in [0.1, 0.15) is 10.1 Å². The molecule has 1 aliphatic heterocycles. The Balaban J connectivity index is 2.41. The maximum atomic E-state index is 11.5. The molecule has 1 aliphatic rings. The van der Waals surface area contributed by atoms with Crippen LogP contribution in [0.2, 0.25) is 5.02 Å². The van der Waals surface area contributed by atoms with Gasteiger partial charge in [0.05, 0.1) is 12.0 Å². The molecular formula is C11H8ClNO2S2. The maximum Gasteiger partial charge on any atom is 0.263 e. The minimum absolute atomic E-state index is 0.193. The Morgan fingerprint density at radius 1 is 1.53 bits per heavy atom. The van der Waals surface area contributed by atoms with Gasteiger partial charge in [0.2, 0.25) is 0 Å². The van der Waals surface area contributed by atoms with Gasteiger partial charge < -0.3 is 10.1 Å². The molecule has 0 atom stereocenters. The summed E-state index contributed by atoms with van der Waals surface area (Å²) < 4.78 is 5.66. The smallest absolute Gasteiger partial charge is 0.263 e. The molecule has 17 heavy (non-hydrogen) atoms. The van der Waals surface area contributed by atoms with Crippen LogP contribution in [0.3, 0.4) is 0 Å². The molecule has 1 N–H and O–H groups in total. The van der Waals surface area contributed by atoms with E-state index in [9.17, 15) is 4.79 Å². The van der Waals surface area contributed by atoms with Gasteiger partial charge >= 0.3 is 0 Å². The summed E-state index contributed by atoms with van der Waals surface area (Å²) in [5, 5.41) is 3.14. The highest BCUT2D eigenvalue weighted by molar-refractivity contribution is 8.26. The highest BCUT2D eigenvalue weighted by atomic mass is 35.5. The summed E-state index contributed by atoms with van der Waals surface area (Å²) in [5.74, 6) is 0.468. The second kappa shape index (κ2) is 5.08. The quantitative estimate of drug-likeness (QED) is 0.670. The first-order valence-electron chi connectivity index (χ1n) is 4.68. The summed E-state index contributed by atoms with van der Waals surface area (Å²) in [6.07, 6.45) is 1.71. The Labute approximate surface area is 113 Å². The van der Waals surface area contributed by atoms with Crippen LogP contribution in [-0.2, 0) is 4.79 Å². The van der Waals surface area contributed by atoms with Crippen LogP contribution in [0, 0.1) is 0 Å². The molecule has 0 radical (unpaired) electrons. The monoisotopic (exact) mass is 285 g/mol. The van der Waals surface area contributed by atoms with E-state index in [4.69, 9.17) is 28.6 Å². The van der Waals surface area contributed by atoms with Gasteiger partial charge in [-0.15, -0.1) is 0 Å². The van der Waals surface area contributed by atoms with Gasteiger partial charge in [-0.1, -0.05) is 35.6 Å². The normalized spacial score (nSPS) is 17.4. The molecule has 0 bridgehead atoms. The molecule has 3 nitrogen and oxygen atoms in total. The number of rotatable bonds is 2. The minimum Gasteiger partial charge on any atom is -0.496 e. The Kier molecular flexibility index (Phi) is 3.71. The number of carbonyl (C=O) groups is 1. The number of halogens is 1. The van der Waals surface area contributed by atoms with Crippen LogP contribution in [0.15, 0.2) is 23.1 Å². The summed E-state index contributed by atoms with van der Waals surface area (Å²) >= 11 is 12.0. The molecule has 88 valence electrons. The number of hydrogen-bond donors (Lipinski definition) is 1. The van der Waals surface area contributed by atoms with Crippen molar-refractivity contribution in [2.75, 3.05) is 7.11 Å². The van der Waals surface area contributed by atoms with Crippen LogP contribution in [0.1, 0.15) is 5.56 Å². The van der Waals surface area contributed by atoms with Crippen molar-refractivity contribution in [3.05, 3.63) is 33.7 Å². The van der Waals surface area contributed by atoms with Gasteiger partial charge in [0, 0.05) is 10.6 Å². The standard InChI is InChI=1S/C11H8ClNO2S2/c1-15-8-3-2-7(12)4-6(8)5-9-10(14)13-11(16)17-9/h2-5H,1H3,(H,13,14,16)/b9-5-. The lowest BCUT2D eigenvalue weighted by Crippen LogP contribution is -2.17. The molecule has 1 aromatic carbocycles. The summed E-state index contributed by atoms with van der Waals surface area (Å²) in [6.45, 7) is 0. The Bertz CT molecular complexity index is 528. The van der Waals surface area contributed by atoms with Gasteiger partial charge in [0.25, 0.3) is 5.91 Å². The molecule has 1 aromatic rings. The van der Waals surface area contributed by atoms with Gasteiger partial charge in [-0.05, 0) is 24.3 Å².